The van der Waals surface area contributed by atoms with Crippen molar-refractivity contribution in [2.45, 2.75) is 20.0 Å². The highest BCUT2D eigenvalue weighted by molar-refractivity contribution is 5.48. The van der Waals surface area contributed by atoms with E-state index in [9.17, 15) is 5.11 Å². The van der Waals surface area contributed by atoms with Crippen molar-refractivity contribution in [2.24, 2.45) is 0 Å². The highest BCUT2D eigenvalue weighted by Crippen LogP contribution is 2.18. The lowest BCUT2D eigenvalue weighted by atomic mass is 10.2. The molecule has 1 saturated heterocycles. The summed E-state index contributed by atoms with van der Waals surface area (Å²) in [4.78, 5) is 4.73. The monoisotopic (exact) mass is 340 g/mol. The summed E-state index contributed by atoms with van der Waals surface area (Å²) < 4.78 is 5.76. The molecule has 1 fully saturated rings. The molecule has 0 amide bonds. The van der Waals surface area contributed by atoms with E-state index < -0.39 is 6.10 Å². The smallest absolute Gasteiger partial charge is 0.122 e. The Morgan fingerprint density at radius 1 is 1.00 bits per heavy atom. The fourth-order valence-electron chi connectivity index (χ4n) is 3.27. The van der Waals surface area contributed by atoms with Crippen molar-refractivity contribution < 1.29 is 9.84 Å². The number of nitrogens with zero attached hydrogens (tertiary/aromatic N) is 2. The van der Waals surface area contributed by atoms with Gasteiger partial charge in [0.2, 0.25) is 0 Å². The van der Waals surface area contributed by atoms with E-state index in [0.717, 1.165) is 37.5 Å². The van der Waals surface area contributed by atoms with Gasteiger partial charge in [-0.15, -0.1) is 0 Å². The maximum atomic E-state index is 10.3. The van der Waals surface area contributed by atoms with Crippen LogP contribution in [0.2, 0.25) is 0 Å². The molecular formula is C21H28N2O2. The van der Waals surface area contributed by atoms with E-state index in [-0.39, 0.29) is 0 Å². The fourth-order valence-corrected chi connectivity index (χ4v) is 3.27. The molecule has 1 aliphatic rings. The number of β-amino-alcohol motifs (C(OH)–C–C–N with tert-alkyl or cyclic N) is 1. The number of ether oxygens (including phenoxy) is 1. The average molecular weight is 340 g/mol. The predicted molar refractivity (Wildman–Crippen MR) is 103 cm³/mol. The highest BCUT2D eigenvalue weighted by atomic mass is 16.5. The molecule has 1 aliphatic heterocycles. The van der Waals surface area contributed by atoms with Crippen LogP contribution in [0.3, 0.4) is 0 Å². The van der Waals surface area contributed by atoms with Gasteiger partial charge in [0, 0.05) is 38.4 Å². The molecule has 0 aromatic heterocycles. The first-order valence-electron chi connectivity index (χ1n) is 9.02. The molecule has 0 saturated carbocycles. The first kappa shape index (κ1) is 17.8. The molecule has 2 aromatic carbocycles. The van der Waals surface area contributed by atoms with Crippen molar-refractivity contribution in [2.75, 3.05) is 44.2 Å². The summed E-state index contributed by atoms with van der Waals surface area (Å²) in [7, 11) is 0. The third-order valence-electron chi connectivity index (χ3n) is 4.73. The van der Waals surface area contributed by atoms with Crippen LogP contribution in [0.1, 0.15) is 11.1 Å². The van der Waals surface area contributed by atoms with Crippen LogP contribution in [0.5, 0.6) is 5.75 Å². The Hall–Kier alpha value is -2.04. The van der Waals surface area contributed by atoms with E-state index in [1.807, 2.05) is 31.2 Å². The molecule has 4 nitrogen and oxygen atoms in total. The Labute approximate surface area is 150 Å². The van der Waals surface area contributed by atoms with Crippen LogP contribution in [-0.4, -0.2) is 55.4 Å². The van der Waals surface area contributed by atoms with Gasteiger partial charge < -0.3 is 14.7 Å². The normalized spacial score (nSPS) is 16.7. The number of aliphatic hydroxyl groups is 1. The van der Waals surface area contributed by atoms with Gasteiger partial charge in [0.25, 0.3) is 0 Å². The van der Waals surface area contributed by atoms with Crippen LogP contribution in [-0.2, 0) is 0 Å². The zero-order chi connectivity index (χ0) is 17.6. The highest BCUT2D eigenvalue weighted by Gasteiger charge is 2.20. The molecule has 1 N–H and O–H groups in total. The lowest BCUT2D eigenvalue weighted by molar-refractivity contribution is 0.0661. The molecule has 0 radical (unpaired) electrons. The lowest BCUT2D eigenvalue weighted by Crippen LogP contribution is -2.49. The Morgan fingerprint density at radius 2 is 1.76 bits per heavy atom. The van der Waals surface area contributed by atoms with Gasteiger partial charge in [-0.2, -0.15) is 0 Å². The van der Waals surface area contributed by atoms with E-state index in [1.54, 1.807) is 0 Å². The van der Waals surface area contributed by atoms with E-state index in [0.29, 0.717) is 13.2 Å². The molecule has 0 spiro atoms. The number of piperazine rings is 1. The number of hydrogen-bond acceptors (Lipinski definition) is 4. The fraction of sp³-hybridized carbons (Fsp3) is 0.429. The summed E-state index contributed by atoms with van der Waals surface area (Å²) in [6.07, 6.45) is -0.467. The van der Waals surface area contributed by atoms with E-state index >= 15 is 0 Å². The zero-order valence-corrected chi connectivity index (χ0v) is 15.2. The van der Waals surface area contributed by atoms with Crippen LogP contribution in [0.25, 0.3) is 0 Å². The number of rotatable bonds is 6. The summed E-state index contributed by atoms with van der Waals surface area (Å²) in [6, 6.07) is 16.6. The van der Waals surface area contributed by atoms with Crippen LogP contribution >= 0.6 is 0 Å². The van der Waals surface area contributed by atoms with Crippen LogP contribution in [0, 0.1) is 13.8 Å². The second-order valence-electron chi connectivity index (χ2n) is 6.86. The van der Waals surface area contributed by atoms with Crippen LogP contribution in [0.4, 0.5) is 5.69 Å². The molecule has 0 unspecified atom stereocenters. The van der Waals surface area contributed by atoms with Crippen molar-refractivity contribution in [3.8, 4) is 5.75 Å². The van der Waals surface area contributed by atoms with Crippen molar-refractivity contribution in [3.05, 3.63) is 59.7 Å². The topological polar surface area (TPSA) is 35.9 Å². The number of anilines is 1. The molecule has 1 atom stereocenters. The Kier molecular flexibility index (Phi) is 5.95. The number of aryl methyl sites for hydroxylation is 2. The molecule has 0 bridgehead atoms. The zero-order valence-electron chi connectivity index (χ0n) is 15.2. The number of aliphatic hydroxyl groups excluding tert-OH is 1. The third kappa shape index (κ3) is 4.97. The third-order valence-corrected chi connectivity index (χ3v) is 4.73. The second-order valence-corrected chi connectivity index (χ2v) is 6.86. The van der Waals surface area contributed by atoms with Gasteiger partial charge in [0.1, 0.15) is 18.5 Å². The van der Waals surface area contributed by atoms with E-state index in [2.05, 4.69) is 41.0 Å². The van der Waals surface area contributed by atoms with Gasteiger partial charge in [-0.25, -0.2) is 0 Å². The first-order chi connectivity index (χ1) is 12.1. The van der Waals surface area contributed by atoms with Crippen LogP contribution in [0.15, 0.2) is 48.5 Å². The molecule has 134 valence electrons. The largest absolute Gasteiger partial charge is 0.491 e. The van der Waals surface area contributed by atoms with Crippen molar-refractivity contribution in [1.29, 1.82) is 0 Å². The molecule has 1 heterocycles. The average Bonchev–Trinajstić information content (AvgIpc) is 2.62. The Morgan fingerprint density at radius 3 is 2.48 bits per heavy atom. The molecular weight excluding hydrogens is 312 g/mol. The van der Waals surface area contributed by atoms with Crippen molar-refractivity contribution >= 4 is 5.69 Å². The standard InChI is InChI=1S/C21H28N2O2/c1-17-6-5-8-19(14-17)23-12-10-22(11-13-23)15-20(24)16-25-21-9-4-3-7-18(21)2/h3-9,14,20,24H,10-13,15-16H2,1-2H3/t20-/m1/s1. The van der Waals surface area contributed by atoms with Gasteiger partial charge in [-0.3, -0.25) is 4.90 Å². The second kappa shape index (κ2) is 8.37. The van der Waals surface area contributed by atoms with Gasteiger partial charge in [0.15, 0.2) is 0 Å². The SMILES string of the molecule is Cc1cccc(N2CCN(C[C@@H](O)COc3ccccc3C)CC2)c1. The van der Waals surface area contributed by atoms with Gasteiger partial charge in [-0.05, 0) is 43.2 Å². The van der Waals surface area contributed by atoms with Gasteiger partial charge >= 0.3 is 0 Å². The number of hydrogen-bond donors (Lipinski definition) is 1. The van der Waals surface area contributed by atoms with E-state index in [4.69, 9.17) is 4.74 Å². The maximum Gasteiger partial charge on any atom is 0.122 e. The molecule has 2 aromatic rings. The van der Waals surface area contributed by atoms with Crippen molar-refractivity contribution in [3.63, 3.8) is 0 Å². The van der Waals surface area contributed by atoms with Gasteiger partial charge in [0.05, 0.1) is 0 Å². The molecule has 25 heavy (non-hydrogen) atoms. The van der Waals surface area contributed by atoms with E-state index in [1.165, 1.54) is 11.3 Å². The minimum atomic E-state index is -0.467. The summed E-state index contributed by atoms with van der Waals surface area (Å²) in [6.45, 7) is 9.07. The van der Waals surface area contributed by atoms with Crippen molar-refractivity contribution in [1.82, 2.24) is 4.90 Å². The number of benzene rings is 2. The minimum Gasteiger partial charge on any atom is -0.491 e. The van der Waals surface area contributed by atoms with Crippen LogP contribution < -0.4 is 9.64 Å². The first-order valence-corrected chi connectivity index (χ1v) is 9.02. The summed E-state index contributed by atoms with van der Waals surface area (Å²) >= 11 is 0. The minimum absolute atomic E-state index is 0.336. The Bertz CT molecular complexity index is 681. The van der Waals surface area contributed by atoms with Gasteiger partial charge in [-0.1, -0.05) is 30.3 Å². The summed E-state index contributed by atoms with van der Waals surface area (Å²) in [5.41, 5.74) is 3.69. The quantitative estimate of drug-likeness (QED) is 0.877. The summed E-state index contributed by atoms with van der Waals surface area (Å²) in [5, 5.41) is 10.3. The molecule has 0 aliphatic carbocycles. The maximum absolute atomic E-state index is 10.3. The molecule has 3 rings (SSSR count). The lowest BCUT2D eigenvalue weighted by Gasteiger charge is -2.37. The summed E-state index contributed by atoms with van der Waals surface area (Å²) in [5.74, 6) is 0.853. The number of para-hydroxylation sites is 1. The predicted octanol–water partition coefficient (Wildman–Crippen LogP) is 2.87. The Balaban J connectivity index is 1.43. The molecule has 4 heteroatoms.